The van der Waals surface area contributed by atoms with Crippen molar-refractivity contribution < 1.29 is 176 Å². The van der Waals surface area contributed by atoms with Crippen molar-refractivity contribution in [2.75, 3.05) is 33.0 Å². The van der Waals surface area contributed by atoms with Crippen molar-refractivity contribution in [1.82, 2.24) is 13.7 Å². The zero-order chi connectivity index (χ0) is 49.1. The summed E-state index contributed by atoms with van der Waals surface area (Å²) in [5.74, 6) is -1.01. The number of aromatic nitrogens is 3. The Morgan fingerprint density at radius 2 is 0.944 bits per heavy atom. The molecule has 3 aromatic carbocycles. The van der Waals surface area contributed by atoms with Gasteiger partial charge in [-0.2, -0.15) is 12.1 Å². The molecule has 0 spiro atoms. The van der Waals surface area contributed by atoms with E-state index in [9.17, 15) is 33.9 Å². The average molecular weight is 1190 g/mol. The van der Waals surface area contributed by atoms with E-state index in [4.69, 9.17) is 63.6 Å². The van der Waals surface area contributed by atoms with Crippen LogP contribution >= 0.6 is 34.8 Å². The molecule has 3 aliphatic heterocycles. The van der Waals surface area contributed by atoms with Crippen molar-refractivity contribution >= 4 is 52.7 Å². The first-order valence-electron chi connectivity index (χ1n) is 21.1. The van der Waals surface area contributed by atoms with Gasteiger partial charge in [0, 0.05) is 71.3 Å². The largest absolute Gasteiger partial charge is 1.00 e. The summed E-state index contributed by atoms with van der Waals surface area (Å²) in [4.78, 5) is 71.7. The van der Waals surface area contributed by atoms with Crippen molar-refractivity contribution in [3.8, 4) is 56.8 Å². The predicted molar refractivity (Wildman–Crippen MR) is 256 cm³/mol. The molecule has 0 unspecified atom stereocenters. The number of hydrogen-bond donors (Lipinski definition) is 2. The number of halogens is 3. The second-order valence-electron chi connectivity index (χ2n) is 15.7. The van der Waals surface area contributed by atoms with E-state index in [0.717, 1.165) is 0 Å². The molecule has 6 aromatic rings. The van der Waals surface area contributed by atoms with Gasteiger partial charge in [0.15, 0.2) is 16.3 Å². The van der Waals surface area contributed by atoms with Crippen LogP contribution in [-0.2, 0) is 9.47 Å². The Balaban J connectivity index is 0.000000278. The van der Waals surface area contributed by atoms with Gasteiger partial charge in [-0.25, -0.2) is 14.4 Å². The van der Waals surface area contributed by atoms with E-state index in [1.165, 1.54) is 42.9 Å². The Morgan fingerprint density at radius 3 is 1.32 bits per heavy atom. The summed E-state index contributed by atoms with van der Waals surface area (Å²) >= 11 is 18.0. The molecule has 9 rings (SSSR count). The maximum atomic E-state index is 12.4. The zero-order valence-electron chi connectivity index (χ0n) is 40.0. The number of fused-ring (bicyclic) bond motifs is 9. The molecule has 3 aliphatic rings. The molecule has 0 radical (unpaired) electrons. The average Bonchev–Trinajstić information content (AvgIpc) is 3.58. The van der Waals surface area contributed by atoms with Crippen LogP contribution in [0.25, 0.3) is 33.8 Å². The molecular weight excluding hydrogens is 1150 g/mol. The third-order valence-corrected chi connectivity index (χ3v) is 11.7. The first-order chi connectivity index (χ1) is 32.4. The van der Waals surface area contributed by atoms with Crippen molar-refractivity contribution in [2.24, 2.45) is 0 Å². The zero-order valence-corrected chi connectivity index (χ0v) is 52.1. The van der Waals surface area contributed by atoms with Crippen molar-refractivity contribution in [2.45, 2.75) is 52.7 Å². The monoisotopic (exact) mass is 1190 g/mol. The normalized spacial score (nSPS) is 15.1. The van der Waals surface area contributed by atoms with E-state index in [1.54, 1.807) is 53.3 Å². The molecule has 0 bridgehead atoms. The molecule has 18 nitrogen and oxygen atoms in total. The van der Waals surface area contributed by atoms with Crippen molar-refractivity contribution in [1.29, 1.82) is 0 Å². The topological polar surface area (TPSA) is 264 Å². The predicted octanol–water partition coefficient (Wildman–Crippen LogP) is 2.38. The number of carboxylic acids is 1. The number of hydrogen-bond acceptors (Lipinski definition) is 14. The fourth-order valence-electron chi connectivity index (χ4n) is 7.55. The van der Waals surface area contributed by atoms with Crippen LogP contribution in [0.15, 0.2) is 87.6 Å². The summed E-state index contributed by atoms with van der Waals surface area (Å²) in [5, 5.41) is 19.8. The number of benzene rings is 3. The Morgan fingerprint density at radius 1 is 0.597 bits per heavy atom. The number of nitrogens with zero attached hydrogens (tertiary/aromatic N) is 3. The number of ether oxygens (including phenoxy) is 5. The van der Waals surface area contributed by atoms with Crippen LogP contribution in [0.4, 0.5) is 0 Å². The molecule has 72 heavy (non-hydrogen) atoms. The molecule has 6 heterocycles. The first kappa shape index (κ1) is 62.8. The van der Waals surface area contributed by atoms with Gasteiger partial charge in [-0.1, -0.05) is 32.8 Å². The maximum Gasteiger partial charge on any atom is 1.00 e. The second kappa shape index (κ2) is 27.3. The van der Waals surface area contributed by atoms with Crippen LogP contribution in [0.1, 0.15) is 83.8 Å². The number of esters is 2. The molecule has 0 saturated carbocycles. The van der Waals surface area contributed by atoms with Gasteiger partial charge in [0.1, 0.15) is 34.8 Å². The minimum atomic E-state index is -1.24. The van der Waals surface area contributed by atoms with Crippen molar-refractivity contribution in [3.05, 3.63) is 148 Å². The third kappa shape index (κ3) is 13.9. The molecule has 4 N–H and O–H groups in total. The number of phenolic OH excluding ortho intramolecular Hbond substituents is 1. The SMILES string of the molecule is CCOC(=O)c1cn2c(cc1=O)-c1cc(Cl)[c-]cc1OC[C@H]2C.CCOC(=O)c1cn2c(cc1=O)-c1cc(Cl)c(O)cc1OC[C@H]2C.C[C@@H]1COc2c[c-]c(Cl)cc2-c2cc(=O)c(C(=O)O)cn21.[OH-].[OH-].[Rb+].[Rb+]. The van der Waals surface area contributed by atoms with E-state index < -0.39 is 34.2 Å². The van der Waals surface area contributed by atoms with E-state index in [0.29, 0.717) is 80.9 Å². The molecular formula is C49H44Cl3N3O15Rb2-2. The Labute approximate surface area is 524 Å². The number of carbonyl (C=O) groups is 3. The van der Waals surface area contributed by atoms with Gasteiger partial charge >= 0.3 is 134 Å². The first-order valence-corrected chi connectivity index (χ1v) is 22.2. The molecule has 3 atom stereocenters. The summed E-state index contributed by atoms with van der Waals surface area (Å²) in [5.41, 5.74) is 2.08. The standard InChI is InChI=1S/C17H16ClNO5.C17H15ClNO4.C15H11ClNO4.2H2O.2Rb/c1-3-23-17(22)11-7-19-9(2)8-24-16-6-15(21)12(18)4-10(16)13(19)5-14(11)20;1-3-22-17(21)13-8-19-10(2)9-23-16-5-4-11(18)6-12(16)14(19)7-15(13)20;1-8-7-21-14-3-2-9(16)4-10(14)12-5-13(18)11(15(19)20)6-17(8)12;;;;/h4-7,9,21H,3,8H2,1-2H3;5-8,10H,3,9H2,1-2H3;3-6,8H,7H2,1H3,(H,19,20);2*1H2;;/q;2*-1;;;2*+1/p-2/t9-;10-;8-;;;;/m111..../s1. The van der Waals surface area contributed by atoms with Crippen molar-refractivity contribution in [3.63, 3.8) is 0 Å². The Hall–Kier alpha value is -3.48. The second-order valence-corrected chi connectivity index (χ2v) is 16.9. The van der Waals surface area contributed by atoms with Gasteiger partial charge in [-0.05, 0) is 40.7 Å². The molecule has 23 heteroatoms. The van der Waals surface area contributed by atoms with Gasteiger partial charge in [-0.3, -0.25) is 14.4 Å². The van der Waals surface area contributed by atoms with Gasteiger partial charge in [0.2, 0.25) is 0 Å². The number of carboxylic acid groups (broad SMARTS) is 1. The minimum absolute atomic E-state index is 0. The molecule has 0 fully saturated rings. The number of carbonyl (C=O) groups excluding carboxylic acids is 2. The van der Waals surface area contributed by atoms with Gasteiger partial charge in [0.05, 0.1) is 55.3 Å². The van der Waals surface area contributed by atoms with Crippen LogP contribution in [0.5, 0.6) is 23.0 Å². The molecule has 0 amide bonds. The molecule has 0 saturated heterocycles. The summed E-state index contributed by atoms with van der Waals surface area (Å²) < 4.78 is 32.4. The van der Waals surface area contributed by atoms with Crippen LogP contribution in [0.2, 0.25) is 15.1 Å². The van der Waals surface area contributed by atoms with Crippen LogP contribution in [0, 0.1) is 12.1 Å². The third-order valence-electron chi connectivity index (χ3n) is 11.0. The van der Waals surface area contributed by atoms with Gasteiger partial charge in [0.25, 0.3) is 0 Å². The summed E-state index contributed by atoms with van der Waals surface area (Å²) in [6.45, 7) is 10.6. The number of aromatic hydroxyl groups is 1. The number of phenols is 1. The fourth-order valence-corrected chi connectivity index (χ4v) is 8.04. The van der Waals surface area contributed by atoms with Crippen LogP contribution < -0.4 is 147 Å². The van der Waals surface area contributed by atoms with Gasteiger partial charge < -0.3 is 58.6 Å². The number of pyridine rings is 3. The van der Waals surface area contributed by atoms with E-state index in [2.05, 4.69) is 12.1 Å². The smallest absolute Gasteiger partial charge is 0.870 e. The molecule has 3 aromatic heterocycles. The fraction of sp³-hybridized carbons (Fsp3) is 0.265. The van der Waals surface area contributed by atoms with E-state index >= 15 is 0 Å². The van der Waals surface area contributed by atoms with Crippen LogP contribution in [0.3, 0.4) is 0 Å². The van der Waals surface area contributed by atoms with E-state index in [-0.39, 0.29) is 186 Å². The van der Waals surface area contributed by atoms with Gasteiger partial charge in [-0.15, -0.1) is 47.5 Å². The Bertz CT molecular complexity index is 3180. The maximum absolute atomic E-state index is 12.4. The Kier molecular flexibility index (Phi) is 23.9. The molecule has 0 aliphatic carbocycles. The minimum Gasteiger partial charge on any atom is -0.870 e. The quantitative estimate of drug-likeness (QED) is 0.186. The molecule has 370 valence electrons. The summed E-state index contributed by atoms with van der Waals surface area (Å²) in [6, 6.07) is 19.1. The van der Waals surface area contributed by atoms with Crippen LogP contribution in [-0.4, -0.2) is 85.8 Å². The van der Waals surface area contributed by atoms with E-state index in [1.807, 2.05) is 25.3 Å². The summed E-state index contributed by atoms with van der Waals surface area (Å²) in [7, 11) is 0. The number of rotatable bonds is 5. The number of aromatic carboxylic acids is 1. The summed E-state index contributed by atoms with van der Waals surface area (Å²) in [6.07, 6.45) is 4.37.